The Morgan fingerprint density at radius 3 is 2.28 bits per heavy atom. The van der Waals surface area contributed by atoms with Gasteiger partial charge < -0.3 is 16.0 Å². The first-order valence-electron chi connectivity index (χ1n) is 8.23. The molecule has 0 radical (unpaired) electrons. The number of anilines is 2. The van der Waals surface area contributed by atoms with Crippen molar-refractivity contribution in [3.8, 4) is 0 Å². The van der Waals surface area contributed by atoms with Gasteiger partial charge in [0.1, 0.15) is 0 Å². The molecule has 2 unspecified atom stereocenters. The maximum absolute atomic E-state index is 11.9. The lowest BCUT2D eigenvalue weighted by atomic mass is 10.2. The van der Waals surface area contributed by atoms with Crippen molar-refractivity contribution < 1.29 is 19.2 Å². The second kappa shape index (κ2) is 6.92. The van der Waals surface area contributed by atoms with Gasteiger partial charge in [0.2, 0.25) is 17.7 Å². The summed E-state index contributed by atoms with van der Waals surface area (Å²) in [5.74, 6) is -0.0511. The predicted octanol–water partition coefficient (Wildman–Crippen LogP) is 1.16. The normalized spacial score (nSPS) is 21.7. The van der Waals surface area contributed by atoms with E-state index in [0.717, 1.165) is 11.3 Å². The van der Waals surface area contributed by atoms with Gasteiger partial charge in [0, 0.05) is 30.3 Å². The van der Waals surface area contributed by atoms with E-state index >= 15 is 0 Å². The molecule has 0 aromatic heterocycles. The van der Waals surface area contributed by atoms with Gasteiger partial charge in [-0.1, -0.05) is 6.92 Å². The van der Waals surface area contributed by atoms with Crippen LogP contribution in [0.5, 0.6) is 0 Å². The maximum Gasteiger partial charge on any atom is 0.324 e. The number of hydrogen-bond donors (Lipinski definition) is 3. The van der Waals surface area contributed by atoms with Crippen molar-refractivity contribution in [1.29, 1.82) is 0 Å². The largest absolute Gasteiger partial charge is 0.329 e. The van der Waals surface area contributed by atoms with Crippen molar-refractivity contribution in [3.63, 3.8) is 0 Å². The zero-order valence-corrected chi connectivity index (χ0v) is 13.9. The highest BCUT2D eigenvalue weighted by Crippen LogP contribution is 2.38. The fraction of sp³-hybridized carbons (Fsp3) is 0.412. The summed E-state index contributed by atoms with van der Waals surface area (Å²) < 4.78 is 0. The molecule has 8 heteroatoms. The molecule has 25 heavy (non-hydrogen) atoms. The number of amides is 5. The van der Waals surface area contributed by atoms with Crippen LogP contribution in [0.15, 0.2) is 24.3 Å². The van der Waals surface area contributed by atoms with Crippen molar-refractivity contribution in [2.75, 3.05) is 23.7 Å². The number of carbonyl (C=O) groups is 4. The van der Waals surface area contributed by atoms with Gasteiger partial charge in [-0.25, -0.2) is 4.79 Å². The van der Waals surface area contributed by atoms with Gasteiger partial charge >= 0.3 is 6.03 Å². The van der Waals surface area contributed by atoms with E-state index < -0.39 is 6.03 Å². The Morgan fingerprint density at radius 1 is 1.16 bits per heavy atom. The van der Waals surface area contributed by atoms with Gasteiger partial charge in [0.25, 0.3) is 0 Å². The third-order valence-electron chi connectivity index (χ3n) is 4.38. The first-order valence-corrected chi connectivity index (χ1v) is 8.23. The second-order valence-corrected chi connectivity index (χ2v) is 6.39. The molecule has 132 valence electrons. The van der Waals surface area contributed by atoms with Gasteiger partial charge in [-0.2, -0.15) is 0 Å². The number of hydrogen-bond acceptors (Lipinski definition) is 4. The fourth-order valence-electron chi connectivity index (χ4n) is 2.68. The Morgan fingerprint density at radius 2 is 1.76 bits per heavy atom. The Hall–Kier alpha value is -2.90. The SMILES string of the molecule is CC1CC1C(=O)Nc1ccc(NC(=O)CCN2C(=O)CNC2=O)cc1. The summed E-state index contributed by atoms with van der Waals surface area (Å²) in [5.41, 5.74) is 1.27. The molecule has 1 saturated heterocycles. The van der Waals surface area contributed by atoms with Crippen molar-refractivity contribution in [3.05, 3.63) is 24.3 Å². The van der Waals surface area contributed by atoms with Crippen LogP contribution in [0.4, 0.5) is 16.2 Å². The van der Waals surface area contributed by atoms with Crippen molar-refractivity contribution in [1.82, 2.24) is 10.2 Å². The molecule has 3 N–H and O–H groups in total. The molecule has 2 fully saturated rings. The minimum atomic E-state index is -0.470. The van der Waals surface area contributed by atoms with Crippen LogP contribution in [0.25, 0.3) is 0 Å². The number of urea groups is 1. The number of rotatable bonds is 6. The number of nitrogens with zero attached hydrogens (tertiary/aromatic N) is 1. The zero-order chi connectivity index (χ0) is 18.0. The van der Waals surface area contributed by atoms with E-state index in [-0.39, 0.29) is 43.1 Å². The van der Waals surface area contributed by atoms with Gasteiger partial charge in [0.05, 0.1) is 6.54 Å². The molecule has 2 aliphatic rings. The zero-order valence-electron chi connectivity index (χ0n) is 13.9. The summed E-state index contributed by atoms with van der Waals surface area (Å²) >= 11 is 0. The van der Waals surface area contributed by atoms with Crippen LogP contribution in [0.1, 0.15) is 19.8 Å². The Balaban J connectivity index is 1.46. The Bertz CT molecular complexity index is 700. The predicted molar refractivity (Wildman–Crippen MR) is 90.7 cm³/mol. The second-order valence-electron chi connectivity index (χ2n) is 6.39. The highest BCUT2D eigenvalue weighted by atomic mass is 16.2. The lowest BCUT2D eigenvalue weighted by Gasteiger charge is -2.12. The van der Waals surface area contributed by atoms with E-state index in [0.29, 0.717) is 17.3 Å². The molecule has 3 rings (SSSR count). The average Bonchev–Trinajstić information content (AvgIpc) is 3.23. The van der Waals surface area contributed by atoms with E-state index in [1.807, 2.05) is 6.92 Å². The molecular formula is C17H20N4O4. The van der Waals surface area contributed by atoms with Crippen molar-refractivity contribution >= 4 is 35.1 Å². The van der Waals surface area contributed by atoms with Gasteiger partial charge in [0.15, 0.2) is 0 Å². The molecule has 1 aromatic carbocycles. The van der Waals surface area contributed by atoms with Crippen LogP contribution in [0.3, 0.4) is 0 Å². The fourth-order valence-corrected chi connectivity index (χ4v) is 2.68. The number of benzene rings is 1. The van der Waals surface area contributed by atoms with E-state index in [4.69, 9.17) is 0 Å². The summed E-state index contributed by atoms with van der Waals surface area (Å²) in [6.07, 6.45) is 0.953. The molecule has 0 bridgehead atoms. The lowest BCUT2D eigenvalue weighted by molar-refractivity contribution is -0.125. The van der Waals surface area contributed by atoms with E-state index in [1.54, 1.807) is 24.3 Å². The van der Waals surface area contributed by atoms with E-state index in [1.165, 1.54) is 0 Å². The third kappa shape index (κ3) is 4.14. The molecule has 8 nitrogen and oxygen atoms in total. The Labute approximate surface area is 144 Å². The molecule has 2 atom stereocenters. The molecule has 1 saturated carbocycles. The van der Waals surface area contributed by atoms with E-state index in [9.17, 15) is 19.2 Å². The molecular weight excluding hydrogens is 324 g/mol. The average molecular weight is 344 g/mol. The highest BCUT2D eigenvalue weighted by molar-refractivity contribution is 6.02. The van der Waals surface area contributed by atoms with E-state index in [2.05, 4.69) is 16.0 Å². The smallest absolute Gasteiger partial charge is 0.324 e. The van der Waals surface area contributed by atoms with Crippen LogP contribution in [-0.4, -0.2) is 41.7 Å². The summed E-state index contributed by atoms with van der Waals surface area (Å²) in [6.45, 7) is 2.07. The topological polar surface area (TPSA) is 108 Å². The first-order chi connectivity index (χ1) is 11.9. The van der Waals surface area contributed by atoms with Gasteiger partial charge in [-0.15, -0.1) is 0 Å². The monoisotopic (exact) mass is 344 g/mol. The molecule has 0 spiro atoms. The third-order valence-corrected chi connectivity index (χ3v) is 4.38. The summed E-state index contributed by atoms with van der Waals surface area (Å²) in [4.78, 5) is 47.6. The minimum absolute atomic E-state index is 0.0206. The summed E-state index contributed by atoms with van der Waals surface area (Å²) in [7, 11) is 0. The standard InChI is InChI=1S/C17H20N4O4/c1-10-8-13(10)16(24)20-12-4-2-11(3-5-12)19-14(22)6-7-21-15(23)9-18-17(21)25/h2-5,10,13H,6-9H2,1H3,(H,18,25)(H,19,22)(H,20,24). The summed E-state index contributed by atoms with van der Waals surface area (Å²) in [6, 6.07) is 6.35. The van der Waals surface area contributed by atoms with Crippen LogP contribution in [-0.2, 0) is 14.4 Å². The molecule has 5 amide bonds. The summed E-state index contributed by atoms with van der Waals surface area (Å²) in [5, 5.41) is 7.94. The van der Waals surface area contributed by atoms with Crippen molar-refractivity contribution in [2.45, 2.75) is 19.8 Å². The Kier molecular flexibility index (Phi) is 4.69. The van der Waals surface area contributed by atoms with Crippen molar-refractivity contribution in [2.24, 2.45) is 11.8 Å². The number of carbonyl (C=O) groups excluding carboxylic acids is 4. The lowest BCUT2D eigenvalue weighted by Crippen LogP contribution is -2.33. The quantitative estimate of drug-likeness (QED) is 0.673. The van der Waals surface area contributed by atoms with Gasteiger partial charge in [-0.05, 0) is 36.6 Å². The number of imide groups is 1. The minimum Gasteiger partial charge on any atom is -0.329 e. The van der Waals surface area contributed by atoms with Gasteiger partial charge in [-0.3, -0.25) is 19.3 Å². The van der Waals surface area contributed by atoms with Crippen LogP contribution in [0, 0.1) is 11.8 Å². The van der Waals surface area contributed by atoms with Crippen LogP contribution >= 0.6 is 0 Å². The molecule has 1 heterocycles. The van der Waals surface area contributed by atoms with Crippen LogP contribution < -0.4 is 16.0 Å². The number of nitrogens with one attached hydrogen (secondary N) is 3. The first kappa shape index (κ1) is 16.9. The molecule has 1 aliphatic carbocycles. The van der Waals surface area contributed by atoms with Crippen LogP contribution in [0.2, 0.25) is 0 Å². The molecule has 1 aromatic rings. The molecule has 1 aliphatic heterocycles. The maximum atomic E-state index is 11.9. The highest BCUT2D eigenvalue weighted by Gasteiger charge is 2.39.